The van der Waals surface area contributed by atoms with E-state index in [1.165, 1.54) is 31.3 Å². The summed E-state index contributed by atoms with van der Waals surface area (Å²) in [6.07, 6.45) is -3.32. The topological polar surface area (TPSA) is 133 Å². The second kappa shape index (κ2) is 11.3. The Morgan fingerprint density at radius 1 is 1.21 bits per heavy atom. The minimum atomic E-state index is -4.72. The Bertz CT molecular complexity index is 1260. The van der Waals surface area contributed by atoms with Crippen molar-refractivity contribution >= 4 is 35.2 Å². The number of pyridine rings is 1. The molecule has 0 unspecified atom stereocenters. The number of para-hydroxylation sites is 1. The molecule has 0 aliphatic heterocycles. The second-order valence-corrected chi connectivity index (χ2v) is 10.9. The van der Waals surface area contributed by atoms with Crippen LogP contribution in [0.4, 0.5) is 23.7 Å². The lowest BCUT2D eigenvalue weighted by Crippen LogP contribution is -2.34. The first-order chi connectivity index (χ1) is 18.0. The van der Waals surface area contributed by atoms with Crippen molar-refractivity contribution in [3.8, 4) is 5.75 Å². The highest BCUT2D eigenvalue weighted by Crippen LogP contribution is 2.50. The Balaban J connectivity index is 1.77. The summed E-state index contributed by atoms with van der Waals surface area (Å²) in [5, 5.41) is 5.11. The maximum Gasteiger partial charge on any atom is 0.419 e. The molecule has 39 heavy (non-hydrogen) atoms. The normalized spacial score (nSPS) is 15.2. The van der Waals surface area contributed by atoms with Crippen molar-refractivity contribution in [1.29, 1.82) is 0 Å². The van der Waals surface area contributed by atoms with Crippen LogP contribution in [0, 0.1) is 5.41 Å². The first-order valence-electron chi connectivity index (χ1n) is 12.1. The lowest BCUT2D eigenvalue weighted by atomic mass is 10.0. The summed E-state index contributed by atoms with van der Waals surface area (Å²) in [5.74, 6) is -1.74. The standard InChI is InChI=1S/C26H30ClF3N4O5/c1-14(33-23(37)39-24(2,3)4)15-6-5-7-17(26(28,29)30)21(15)38-13-25(8-9-25)11-20(35)34-18-12-32-19(27)10-16(18)22(31)36/h5-7,10,12,14H,8-9,11,13H2,1-4H3,(H2,31,36)(H,33,37)(H,34,35)/t14-/m1/s1. The summed E-state index contributed by atoms with van der Waals surface area (Å²) in [4.78, 5) is 40.5. The number of rotatable bonds is 9. The van der Waals surface area contributed by atoms with Gasteiger partial charge in [-0.2, -0.15) is 13.2 Å². The van der Waals surface area contributed by atoms with Gasteiger partial charge in [-0.25, -0.2) is 9.78 Å². The van der Waals surface area contributed by atoms with E-state index in [0.717, 1.165) is 6.07 Å². The van der Waals surface area contributed by atoms with E-state index in [0.29, 0.717) is 12.8 Å². The fourth-order valence-corrected chi connectivity index (χ4v) is 4.04. The Morgan fingerprint density at radius 2 is 1.87 bits per heavy atom. The van der Waals surface area contributed by atoms with Crippen LogP contribution in [0.1, 0.15) is 74.5 Å². The summed E-state index contributed by atoms with van der Waals surface area (Å²) >= 11 is 5.79. The van der Waals surface area contributed by atoms with Gasteiger partial charge in [-0.1, -0.05) is 23.7 Å². The predicted molar refractivity (Wildman–Crippen MR) is 137 cm³/mol. The number of ether oxygens (including phenoxy) is 2. The highest BCUT2D eigenvalue weighted by molar-refractivity contribution is 6.30. The number of nitrogens with two attached hydrogens (primary N) is 1. The highest BCUT2D eigenvalue weighted by Gasteiger charge is 2.46. The van der Waals surface area contributed by atoms with Crippen LogP contribution >= 0.6 is 11.6 Å². The fourth-order valence-electron chi connectivity index (χ4n) is 3.88. The predicted octanol–water partition coefficient (Wildman–Crippen LogP) is 5.63. The van der Waals surface area contributed by atoms with Crippen molar-refractivity contribution < 1.29 is 37.0 Å². The molecule has 1 aliphatic rings. The molecule has 1 aromatic heterocycles. The lowest BCUT2D eigenvalue weighted by molar-refractivity contribution is -0.139. The van der Waals surface area contributed by atoms with Gasteiger partial charge in [0.2, 0.25) is 5.91 Å². The molecule has 1 saturated carbocycles. The van der Waals surface area contributed by atoms with Gasteiger partial charge in [0.05, 0.1) is 35.7 Å². The van der Waals surface area contributed by atoms with E-state index < -0.39 is 52.5 Å². The molecule has 1 aliphatic carbocycles. The lowest BCUT2D eigenvalue weighted by Gasteiger charge is -2.25. The number of aromatic nitrogens is 1. The average molecular weight is 571 g/mol. The number of carbonyl (C=O) groups excluding carboxylic acids is 3. The Hall–Kier alpha value is -3.54. The highest BCUT2D eigenvalue weighted by atomic mass is 35.5. The number of amides is 3. The van der Waals surface area contributed by atoms with Gasteiger partial charge < -0.3 is 25.8 Å². The summed E-state index contributed by atoms with van der Waals surface area (Å²) in [6.45, 7) is 6.34. The molecule has 1 heterocycles. The molecule has 1 atom stereocenters. The van der Waals surface area contributed by atoms with Gasteiger partial charge >= 0.3 is 12.3 Å². The van der Waals surface area contributed by atoms with Gasteiger partial charge in [0.25, 0.3) is 5.91 Å². The largest absolute Gasteiger partial charge is 0.492 e. The van der Waals surface area contributed by atoms with Crippen molar-refractivity contribution in [2.45, 2.75) is 64.8 Å². The molecular formula is C26H30ClF3N4O5. The molecule has 4 N–H and O–H groups in total. The van der Waals surface area contributed by atoms with Gasteiger partial charge in [-0.3, -0.25) is 9.59 Å². The maximum absolute atomic E-state index is 13.9. The molecule has 3 amide bonds. The minimum absolute atomic E-state index is 0.0170. The van der Waals surface area contributed by atoms with Gasteiger partial charge in [0.1, 0.15) is 16.5 Å². The summed E-state index contributed by atoms with van der Waals surface area (Å²) < 4.78 is 52.6. The van der Waals surface area contributed by atoms with Crippen LogP contribution in [-0.2, 0) is 15.7 Å². The van der Waals surface area contributed by atoms with E-state index in [2.05, 4.69) is 15.6 Å². The number of nitrogens with one attached hydrogen (secondary N) is 2. The third-order valence-electron chi connectivity index (χ3n) is 5.98. The van der Waals surface area contributed by atoms with E-state index >= 15 is 0 Å². The first-order valence-corrected chi connectivity index (χ1v) is 12.5. The molecule has 0 spiro atoms. The van der Waals surface area contributed by atoms with Crippen molar-refractivity contribution in [3.63, 3.8) is 0 Å². The maximum atomic E-state index is 13.9. The summed E-state index contributed by atoms with van der Waals surface area (Å²) in [5.41, 5.74) is 2.97. The number of hydrogen-bond donors (Lipinski definition) is 3. The van der Waals surface area contributed by atoms with Crippen LogP contribution < -0.4 is 21.1 Å². The molecule has 9 nitrogen and oxygen atoms in total. The third kappa shape index (κ3) is 8.22. The van der Waals surface area contributed by atoms with Crippen LogP contribution in [0.2, 0.25) is 5.15 Å². The van der Waals surface area contributed by atoms with Crippen molar-refractivity contribution in [1.82, 2.24) is 10.3 Å². The number of alkyl halides is 3. The number of benzene rings is 1. The molecular weight excluding hydrogens is 541 g/mol. The number of nitrogens with zero attached hydrogens (tertiary/aromatic N) is 1. The van der Waals surface area contributed by atoms with E-state index in [1.807, 2.05) is 0 Å². The van der Waals surface area contributed by atoms with E-state index in [9.17, 15) is 27.6 Å². The third-order valence-corrected chi connectivity index (χ3v) is 6.18. The van der Waals surface area contributed by atoms with Crippen LogP contribution in [0.5, 0.6) is 5.75 Å². The summed E-state index contributed by atoms with van der Waals surface area (Å²) in [7, 11) is 0. The van der Waals surface area contributed by atoms with Crippen LogP contribution in [0.3, 0.4) is 0 Å². The Kier molecular flexibility index (Phi) is 8.69. The molecule has 0 saturated heterocycles. The van der Waals surface area contributed by atoms with Gasteiger partial charge in [0.15, 0.2) is 0 Å². The number of anilines is 1. The number of hydrogen-bond acceptors (Lipinski definition) is 6. The van der Waals surface area contributed by atoms with E-state index in [1.54, 1.807) is 20.8 Å². The smallest absolute Gasteiger partial charge is 0.419 e. The molecule has 0 radical (unpaired) electrons. The molecule has 1 aromatic carbocycles. The average Bonchev–Trinajstić information content (AvgIpc) is 3.55. The SMILES string of the molecule is C[C@@H](NC(=O)OC(C)(C)C)c1cccc(C(F)(F)F)c1OCC1(CC(=O)Nc2cnc(Cl)cc2C(N)=O)CC1. The fraction of sp³-hybridized carbons (Fsp3) is 0.462. The molecule has 1 fully saturated rings. The minimum Gasteiger partial charge on any atom is -0.492 e. The van der Waals surface area contributed by atoms with Crippen LogP contribution in [-0.4, -0.2) is 35.1 Å². The van der Waals surface area contributed by atoms with Crippen molar-refractivity contribution in [2.24, 2.45) is 11.1 Å². The molecule has 13 heteroatoms. The van der Waals surface area contributed by atoms with E-state index in [4.69, 9.17) is 26.8 Å². The molecule has 0 bridgehead atoms. The number of carbonyl (C=O) groups is 3. The molecule has 2 aromatic rings. The Morgan fingerprint density at radius 3 is 2.44 bits per heavy atom. The zero-order valence-corrected chi connectivity index (χ0v) is 22.6. The quantitative estimate of drug-likeness (QED) is 0.335. The van der Waals surface area contributed by atoms with Crippen molar-refractivity contribution in [2.75, 3.05) is 11.9 Å². The first kappa shape index (κ1) is 30.0. The Labute approximate surface area is 228 Å². The molecule has 3 rings (SSSR count). The monoisotopic (exact) mass is 570 g/mol. The van der Waals surface area contributed by atoms with E-state index in [-0.39, 0.29) is 35.0 Å². The zero-order chi connectivity index (χ0) is 29.2. The number of halogens is 4. The second-order valence-electron chi connectivity index (χ2n) is 10.5. The van der Waals surface area contributed by atoms with Crippen molar-refractivity contribution in [3.05, 3.63) is 52.3 Å². The zero-order valence-electron chi connectivity index (χ0n) is 21.9. The van der Waals surface area contributed by atoms with Gasteiger partial charge in [0, 0.05) is 17.4 Å². The molecule has 212 valence electrons. The number of primary amides is 1. The van der Waals surface area contributed by atoms with Crippen LogP contribution in [0.15, 0.2) is 30.5 Å². The number of alkyl carbamates (subject to hydrolysis) is 1. The van der Waals surface area contributed by atoms with Gasteiger partial charge in [-0.15, -0.1) is 0 Å². The van der Waals surface area contributed by atoms with Gasteiger partial charge in [-0.05, 0) is 52.7 Å². The van der Waals surface area contributed by atoms with Crippen LogP contribution in [0.25, 0.3) is 0 Å². The summed E-state index contributed by atoms with van der Waals surface area (Å²) in [6, 6.07) is 3.90.